The zero-order chi connectivity index (χ0) is 16.4. The highest BCUT2D eigenvalue weighted by atomic mass is 16.5. The number of benzene rings is 1. The van der Waals surface area contributed by atoms with Crippen LogP contribution in [0.1, 0.15) is 32.1 Å². The average Bonchev–Trinajstić information content (AvgIpc) is 2.45. The first-order valence-corrected chi connectivity index (χ1v) is 6.49. The predicted molar refractivity (Wildman–Crippen MR) is 79.6 cm³/mol. The minimum absolute atomic E-state index is 0.113. The van der Waals surface area contributed by atoms with Gasteiger partial charge in [-0.1, -0.05) is 18.2 Å². The van der Waals surface area contributed by atoms with E-state index in [-0.39, 0.29) is 28.1 Å². The molecule has 1 aromatic heterocycles. The molecule has 22 heavy (non-hydrogen) atoms. The Morgan fingerprint density at radius 3 is 1.95 bits per heavy atom. The minimum atomic E-state index is -1.23. The molecule has 0 fully saturated rings. The first-order chi connectivity index (χ1) is 10.4. The highest BCUT2D eigenvalue weighted by molar-refractivity contribution is 6.06. The highest BCUT2D eigenvalue weighted by Crippen LogP contribution is 2.36. The van der Waals surface area contributed by atoms with Crippen molar-refractivity contribution in [3.8, 4) is 16.9 Å². The second-order valence-corrected chi connectivity index (χ2v) is 4.72. The first kappa shape index (κ1) is 15.5. The lowest BCUT2D eigenvalue weighted by Gasteiger charge is -2.16. The van der Waals surface area contributed by atoms with Gasteiger partial charge in [-0.3, -0.25) is 4.98 Å². The van der Waals surface area contributed by atoms with Crippen molar-refractivity contribution in [1.29, 1.82) is 0 Å². The lowest BCUT2D eigenvalue weighted by molar-refractivity contribution is 0.0695. The van der Waals surface area contributed by atoms with Crippen molar-refractivity contribution < 1.29 is 24.5 Å². The van der Waals surface area contributed by atoms with E-state index in [1.165, 1.54) is 7.11 Å². The lowest BCUT2D eigenvalue weighted by atomic mass is 9.92. The van der Waals surface area contributed by atoms with Crippen molar-refractivity contribution in [3.05, 3.63) is 46.8 Å². The molecule has 2 N–H and O–H groups in total. The summed E-state index contributed by atoms with van der Waals surface area (Å²) in [6.07, 6.45) is 0. The van der Waals surface area contributed by atoms with Crippen LogP contribution in [-0.4, -0.2) is 34.2 Å². The molecule has 1 aromatic carbocycles. The zero-order valence-electron chi connectivity index (χ0n) is 12.4. The average molecular weight is 301 g/mol. The molecule has 6 heteroatoms. The Hall–Kier alpha value is -2.89. The number of nitrogens with zero attached hydrogens (tertiary/aromatic N) is 1. The number of carboxylic acids is 2. The summed E-state index contributed by atoms with van der Waals surface area (Å²) < 4.78 is 5.24. The second kappa shape index (κ2) is 5.85. The molecule has 0 atom stereocenters. The summed E-state index contributed by atoms with van der Waals surface area (Å²) in [5.74, 6) is -2.06. The van der Waals surface area contributed by atoms with Gasteiger partial charge in [0.2, 0.25) is 0 Å². The molecule has 1 heterocycles. The minimum Gasteiger partial charge on any atom is -0.496 e. The van der Waals surface area contributed by atoms with E-state index in [9.17, 15) is 19.8 Å². The van der Waals surface area contributed by atoms with Gasteiger partial charge in [0, 0.05) is 11.1 Å². The van der Waals surface area contributed by atoms with Gasteiger partial charge in [-0.15, -0.1) is 0 Å². The number of aromatic nitrogens is 1. The third kappa shape index (κ3) is 2.50. The van der Waals surface area contributed by atoms with E-state index >= 15 is 0 Å². The Labute approximate surface area is 127 Å². The van der Waals surface area contributed by atoms with Gasteiger partial charge in [0.25, 0.3) is 0 Å². The summed E-state index contributed by atoms with van der Waals surface area (Å²) in [5, 5.41) is 19.0. The largest absolute Gasteiger partial charge is 0.496 e. The number of ether oxygens (including phenoxy) is 1. The molecule has 0 unspecified atom stereocenters. The smallest absolute Gasteiger partial charge is 0.338 e. The molecule has 2 aromatic rings. The van der Waals surface area contributed by atoms with Crippen LogP contribution in [0.5, 0.6) is 5.75 Å². The number of hydrogen-bond acceptors (Lipinski definition) is 4. The Morgan fingerprint density at radius 2 is 1.50 bits per heavy atom. The fourth-order valence-corrected chi connectivity index (χ4v) is 2.49. The lowest BCUT2D eigenvalue weighted by Crippen LogP contribution is -2.14. The predicted octanol–water partition coefficient (Wildman–Crippen LogP) is 2.77. The molecule has 0 radical (unpaired) electrons. The molecule has 114 valence electrons. The van der Waals surface area contributed by atoms with Crippen LogP contribution in [0.4, 0.5) is 0 Å². The van der Waals surface area contributed by atoms with Crippen LogP contribution in [0.3, 0.4) is 0 Å². The van der Waals surface area contributed by atoms with Crippen LogP contribution in [0, 0.1) is 13.8 Å². The molecule has 0 aliphatic rings. The van der Waals surface area contributed by atoms with Gasteiger partial charge in [0.05, 0.1) is 29.6 Å². The van der Waals surface area contributed by atoms with Crippen LogP contribution in [-0.2, 0) is 0 Å². The number of hydrogen-bond donors (Lipinski definition) is 2. The topological polar surface area (TPSA) is 96.7 Å². The van der Waals surface area contributed by atoms with Crippen molar-refractivity contribution in [2.24, 2.45) is 0 Å². The van der Waals surface area contributed by atoms with Gasteiger partial charge in [-0.05, 0) is 19.9 Å². The molecule has 0 aliphatic heterocycles. The van der Waals surface area contributed by atoms with E-state index in [0.29, 0.717) is 11.3 Å². The van der Waals surface area contributed by atoms with Crippen molar-refractivity contribution in [3.63, 3.8) is 0 Å². The molecule has 0 spiro atoms. The van der Waals surface area contributed by atoms with E-state index in [2.05, 4.69) is 4.98 Å². The Morgan fingerprint density at radius 1 is 1.00 bits per heavy atom. The first-order valence-electron chi connectivity index (χ1n) is 6.49. The van der Waals surface area contributed by atoms with Gasteiger partial charge < -0.3 is 14.9 Å². The summed E-state index contributed by atoms with van der Waals surface area (Å²) >= 11 is 0. The second-order valence-electron chi connectivity index (χ2n) is 4.72. The highest BCUT2D eigenvalue weighted by Gasteiger charge is 2.27. The fourth-order valence-electron chi connectivity index (χ4n) is 2.49. The van der Waals surface area contributed by atoms with E-state index in [1.54, 1.807) is 38.1 Å². The summed E-state index contributed by atoms with van der Waals surface area (Å²) in [5.41, 5.74) is 0.780. The molecule has 0 saturated carbocycles. The number of methoxy groups -OCH3 is 1. The van der Waals surface area contributed by atoms with Gasteiger partial charge in [0.1, 0.15) is 5.75 Å². The summed E-state index contributed by atoms with van der Waals surface area (Å²) in [6.45, 7) is 3.09. The molecule has 0 amide bonds. The van der Waals surface area contributed by atoms with Gasteiger partial charge in [-0.25, -0.2) is 9.59 Å². The van der Waals surface area contributed by atoms with Crippen LogP contribution in [0.25, 0.3) is 11.1 Å². The van der Waals surface area contributed by atoms with Crippen LogP contribution in [0.2, 0.25) is 0 Å². The van der Waals surface area contributed by atoms with E-state index in [4.69, 9.17) is 4.74 Å². The number of carboxylic acid groups (broad SMARTS) is 2. The molecule has 0 aliphatic carbocycles. The number of para-hydroxylation sites is 1. The van der Waals surface area contributed by atoms with E-state index in [0.717, 1.165) is 0 Å². The monoisotopic (exact) mass is 301 g/mol. The summed E-state index contributed by atoms with van der Waals surface area (Å²) in [4.78, 5) is 27.3. The summed E-state index contributed by atoms with van der Waals surface area (Å²) in [7, 11) is 1.45. The maximum atomic E-state index is 11.6. The Kier molecular flexibility index (Phi) is 4.12. The molecule has 0 bridgehead atoms. The van der Waals surface area contributed by atoms with Crippen LogP contribution in [0.15, 0.2) is 24.3 Å². The van der Waals surface area contributed by atoms with E-state index < -0.39 is 11.9 Å². The SMILES string of the molecule is COc1ccccc1-c1c(C(=O)O)c(C)nc(C)c1C(=O)O. The Bertz CT molecular complexity index is 729. The maximum absolute atomic E-state index is 11.6. The maximum Gasteiger partial charge on any atom is 0.338 e. The van der Waals surface area contributed by atoms with Gasteiger partial charge >= 0.3 is 11.9 Å². The molecule has 0 saturated heterocycles. The molecular weight excluding hydrogens is 286 g/mol. The standard InChI is InChI=1S/C16H15NO5/c1-8-12(15(18)19)14(13(16(20)21)9(2)17-8)10-6-4-5-7-11(10)22-3/h4-7H,1-3H3,(H,18,19)(H,20,21). The number of pyridine rings is 1. The number of rotatable bonds is 4. The van der Waals surface area contributed by atoms with Gasteiger partial charge in [-0.2, -0.15) is 0 Å². The van der Waals surface area contributed by atoms with Gasteiger partial charge in [0.15, 0.2) is 0 Å². The molecule has 6 nitrogen and oxygen atoms in total. The Balaban J connectivity index is 2.99. The number of carbonyl (C=O) groups is 2. The van der Waals surface area contributed by atoms with Crippen molar-refractivity contribution in [2.75, 3.05) is 7.11 Å². The molecule has 2 rings (SSSR count). The quantitative estimate of drug-likeness (QED) is 0.901. The summed E-state index contributed by atoms with van der Waals surface area (Å²) in [6, 6.07) is 6.70. The third-order valence-corrected chi connectivity index (χ3v) is 3.36. The van der Waals surface area contributed by atoms with Crippen molar-refractivity contribution in [1.82, 2.24) is 4.98 Å². The van der Waals surface area contributed by atoms with Crippen LogP contribution >= 0.6 is 0 Å². The van der Waals surface area contributed by atoms with E-state index in [1.807, 2.05) is 0 Å². The fraction of sp³-hybridized carbons (Fsp3) is 0.188. The number of aryl methyl sites for hydroxylation is 2. The molecular formula is C16H15NO5. The van der Waals surface area contributed by atoms with Crippen LogP contribution < -0.4 is 4.74 Å². The third-order valence-electron chi connectivity index (χ3n) is 3.36. The number of aromatic carboxylic acids is 2. The normalized spacial score (nSPS) is 10.3. The zero-order valence-corrected chi connectivity index (χ0v) is 12.4. The van der Waals surface area contributed by atoms with Crippen molar-refractivity contribution >= 4 is 11.9 Å². The van der Waals surface area contributed by atoms with Crippen molar-refractivity contribution in [2.45, 2.75) is 13.8 Å².